The molecule has 1 amide bonds. The van der Waals surface area contributed by atoms with Crippen LogP contribution in [0.5, 0.6) is 0 Å². The monoisotopic (exact) mass is 549 g/mol. The van der Waals surface area contributed by atoms with Crippen LogP contribution in [-0.2, 0) is 14.8 Å². The normalized spacial score (nSPS) is 15.5. The van der Waals surface area contributed by atoms with Crippen molar-refractivity contribution in [2.45, 2.75) is 44.1 Å². The van der Waals surface area contributed by atoms with Crippen LogP contribution in [0.15, 0.2) is 52.2 Å². The fraction of sp³-hybridized carbons (Fsp3) is 0.435. The van der Waals surface area contributed by atoms with Gasteiger partial charge in [0, 0.05) is 30.3 Å². The average molecular weight is 550 g/mol. The third-order valence-electron chi connectivity index (χ3n) is 5.63. The number of aromatic nitrogens is 3. The lowest BCUT2D eigenvalue weighted by molar-refractivity contribution is 0.0516. The molecule has 0 unspecified atom stereocenters. The van der Waals surface area contributed by atoms with Crippen molar-refractivity contribution in [1.29, 1.82) is 0 Å². The molecule has 0 bridgehead atoms. The molecule has 1 aromatic carbocycles. The Morgan fingerprint density at radius 1 is 1.18 bits per heavy atom. The second kappa shape index (κ2) is 9.53. The highest BCUT2D eigenvalue weighted by Gasteiger charge is 2.27. The summed E-state index contributed by atoms with van der Waals surface area (Å²) in [6.45, 7) is 7.53. The highest BCUT2D eigenvalue weighted by Crippen LogP contribution is 2.35. The molecule has 9 nitrogen and oxygen atoms in total. The zero-order chi connectivity index (χ0) is 24.5. The van der Waals surface area contributed by atoms with Crippen molar-refractivity contribution in [3.63, 3.8) is 0 Å². The predicted molar refractivity (Wildman–Crippen MR) is 133 cm³/mol. The van der Waals surface area contributed by atoms with E-state index in [9.17, 15) is 13.2 Å². The number of amides is 1. The molecule has 1 aliphatic rings. The Bertz CT molecular complexity index is 1280. The van der Waals surface area contributed by atoms with Gasteiger partial charge in [-0.1, -0.05) is 18.2 Å². The first-order valence-electron chi connectivity index (χ1n) is 11.1. The molecule has 11 heteroatoms. The van der Waals surface area contributed by atoms with Crippen molar-refractivity contribution < 1.29 is 17.9 Å². The molecule has 1 saturated heterocycles. The first-order valence-corrected chi connectivity index (χ1v) is 13.3. The summed E-state index contributed by atoms with van der Waals surface area (Å²) in [6, 6.07) is 8.28. The van der Waals surface area contributed by atoms with Gasteiger partial charge in [0.05, 0.1) is 10.3 Å². The Balaban J connectivity index is 1.51. The molecule has 3 heterocycles. The molecular weight excluding hydrogens is 522 g/mol. The molecule has 4 rings (SSSR count). The van der Waals surface area contributed by atoms with Crippen molar-refractivity contribution in [2.75, 3.05) is 24.5 Å². The van der Waals surface area contributed by atoms with Crippen LogP contribution in [0.2, 0.25) is 0 Å². The zero-order valence-electron chi connectivity index (χ0n) is 19.4. The Morgan fingerprint density at radius 2 is 1.85 bits per heavy atom. The fourth-order valence-electron chi connectivity index (χ4n) is 4.00. The van der Waals surface area contributed by atoms with Crippen molar-refractivity contribution in [3.8, 4) is 0 Å². The number of hydrogen-bond acceptors (Lipinski definition) is 7. The van der Waals surface area contributed by atoms with Gasteiger partial charge in [-0.15, -0.1) is 0 Å². The Kier molecular flexibility index (Phi) is 6.86. The van der Waals surface area contributed by atoms with Crippen molar-refractivity contribution in [2.24, 2.45) is 5.92 Å². The first kappa shape index (κ1) is 24.5. The molecule has 3 aromatic rings. The number of carbonyl (C=O) groups excluding carboxylic acids is 1. The number of benzene rings is 1. The molecule has 1 aliphatic heterocycles. The van der Waals surface area contributed by atoms with Crippen LogP contribution < -0.4 is 10.2 Å². The van der Waals surface area contributed by atoms with Crippen LogP contribution in [0.3, 0.4) is 0 Å². The highest BCUT2D eigenvalue weighted by molar-refractivity contribution is 9.10. The lowest BCUT2D eigenvalue weighted by Gasteiger charge is -2.33. The van der Waals surface area contributed by atoms with Crippen LogP contribution in [0.1, 0.15) is 33.6 Å². The van der Waals surface area contributed by atoms with Gasteiger partial charge in [0.1, 0.15) is 17.7 Å². The Hall–Kier alpha value is -2.66. The summed E-state index contributed by atoms with van der Waals surface area (Å²) in [5, 5.41) is 3.51. The molecule has 0 spiro atoms. The summed E-state index contributed by atoms with van der Waals surface area (Å²) >= 11 is 3.52. The van der Waals surface area contributed by atoms with E-state index in [1.807, 2.05) is 20.8 Å². The van der Waals surface area contributed by atoms with Gasteiger partial charge in [0.2, 0.25) is 0 Å². The summed E-state index contributed by atoms with van der Waals surface area (Å²) in [6.07, 6.45) is 4.25. The van der Waals surface area contributed by atoms with Gasteiger partial charge in [-0.2, -0.15) is 0 Å². The predicted octanol–water partition coefficient (Wildman–Crippen LogP) is 4.17. The number of hydrogen-bond donors (Lipinski definition) is 1. The molecule has 0 aliphatic carbocycles. The van der Waals surface area contributed by atoms with Crippen molar-refractivity contribution >= 4 is 48.9 Å². The van der Waals surface area contributed by atoms with Gasteiger partial charge in [-0.05, 0) is 67.6 Å². The summed E-state index contributed by atoms with van der Waals surface area (Å²) < 4.78 is 33.6. The average Bonchev–Trinajstić information content (AvgIpc) is 3.15. The Labute approximate surface area is 207 Å². The summed E-state index contributed by atoms with van der Waals surface area (Å²) in [5.41, 5.74) is -0.196. The number of piperidine rings is 1. The van der Waals surface area contributed by atoms with E-state index in [0.29, 0.717) is 33.8 Å². The van der Waals surface area contributed by atoms with Crippen molar-refractivity contribution in [1.82, 2.24) is 19.3 Å². The van der Waals surface area contributed by atoms with Crippen LogP contribution in [0.25, 0.3) is 11.0 Å². The number of alkyl carbamates (subject to hydrolysis) is 1. The van der Waals surface area contributed by atoms with Gasteiger partial charge in [0.25, 0.3) is 10.0 Å². The molecule has 2 aromatic heterocycles. The fourth-order valence-corrected chi connectivity index (χ4v) is 6.03. The van der Waals surface area contributed by atoms with E-state index < -0.39 is 21.7 Å². The van der Waals surface area contributed by atoms with Crippen molar-refractivity contribution in [3.05, 3.63) is 47.3 Å². The van der Waals surface area contributed by atoms with Gasteiger partial charge in [-0.25, -0.2) is 27.2 Å². The van der Waals surface area contributed by atoms with Crippen LogP contribution in [0.4, 0.5) is 10.6 Å². The van der Waals surface area contributed by atoms with E-state index in [2.05, 4.69) is 36.1 Å². The van der Waals surface area contributed by atoms with E-state index >= 15 is 0 Å². The number of rotatable bonds is 5. The topological polar surface area (TPSA) is 106 Å². The van der Waals surface area contributed by atoms with E-state index in [-0.39, 0.29) is 4.90 Å². The number of fused-ring (bicyclic) bond motifs is 1. The lowest BCUT2D eigenvalue weighted by Crippen LogP contribution is -2.40. The third kappa shape index (κ3) is 5.20. The van der Waals surface area contributed by atoms with Crippen LogP contribution in [0, 0.1) is 5.92 Å². The standard InChI is InChI=1S/C23H28BrN5O4S/c1-23(2,3)33-22(30)25-13-16-9-11-28(12-10-16)20-19-18(24)14-29(21(19)27-15-26-20)34(31,32)17-7-5-4-6-8-17/h4-8,14-16H,9-13H2,1-3H3,(H,25,30). The molecule has 182 valence electrons. The number of halogens is 1. The van der Waals surface area contributed by atoms with Crippen LogP contribution >= 0.6 is 15.9 Å². The molecule has 1 fully saturated rings. The minimum Gasteiger partial charge on any atom is -0.444 e. The summed E-state index contributed by atoms with van der Waals surface area (Å²) in [4.78, 5) is 23.1. The highest BCUT2D eigenvalue weighted by atomic mass is 79.9. The maximum absolute atomic E-state index is 13.2. The number of anilines is 1. The molecule has 0 saturated carbocycles. The molecule has 34 heavy (non-hydrogen) atoms. The minimum absolute atomic E-state index is 0.192. The lowest BCUT2D eigenvalue weighted by atomic mass is 9.97. The first-order chi connectivity index (χ1) is 16.1. The van der Waals surface area contributed by atoms with E-state index in [4.69, 9.17) is 4.74 Å². The SMILES string of the molecule is CC(C)(C)OC(=O)NCC1CCN(c2ncnc3c2c(Br)cn3S(=O)(=O)c2ccccc2)CC1. The molecule has 1 N–H and O–H groups in total. The van der Waals surface area contributed by atoms with E-state index in [0.717, 1.165) is 25.9 Å². The minimum atomic E-state index is -3.80. The molecule has 0 radical (unpaired) electrons. The number of carbonyl (C=O) groups is 1. The quantitative estimate of drug-likeness (QED) is 0.508. The maximum atomic E-state index is 13.2. The summed E-state index contributed by atoms with van der Waals surface area (Å²) in [5.74, 6) is 1.02. The Morgan fingerprint density at radius 3 is 2.50 bits per heavy atom. The second-order valence-electron chi connectivity index (χ2n) is 9.30. The van der Waals surface area contributed by atoms with E-state index in [1.54, 1.807) is 30.3 Å². The number of nitrogens with one attached hydrogen (secondary N) is 1. The smallest absolute Gasteiger partial charge is 0.407 e. The number of nitrogens with zero attached hydrogens (tertiary/aromatic N) is 4. The van der Waals surface area contributed by atoms with Gasteiger partial charge in [-0.3, -0.25) is 0 Å². The van der Waals surface area contributed by atoms with Gasteiger partial charge in [0.15, 0.2) is 5.65 Å². The molecule has 0 atom stereocenters. The second-order valence-corrected chi connectivity index (χ2v) is 12.0. The van der Waals surface area contributed by atoms with Gasteiger partial charge < -0.3 is 15.0 Å². The third-order valence-corrected chi connectivity index (χ3v) is 7.90. The summed E-state index contributed by atoms with van der Waals surface area (Å²) in [7, 11) is -3.80. The number of ether oxygens (including phenoxy) is 1. The zero-order valence-corrected chi connectivity index (χ0v) is 21.8. The largest absolute Gasteiger partial charge is 0.444 e. The van der Waals surface area contributed by atoms with E-state index in [1.165, 1.54) is 16.5 Å². The maximum Gasteiger partial charge on any atom is 0.407 e. The van der Waals surface area contributed by atoms with Crippen LogP contribution in [-0.4, -0.2) is 53.7 Å². The van der Waals surface area contributed by atoms with Gasteiger partial charge >= 0.3 is 6.09 Å². The molecular formula is C23H28BrN5O4S.